The van der Waals surface area contributed by atoms with Crippen molar-refractivity contribution in [3.05, 3.63) is 10.8 Å². The number of hydrogen-bond acceptors (Lipinski definition) is 6. The average molecular weight is 307 g/mol. The summed E-state index contributed by atoms with van der Waals surface area (Å²) < 4.78 is 0.620. The third kappa shape index (κ3) is 3.80. The van der Waals surface area contributed by atoms with Gasteiger partial charge in [-0.3, -0.25) is 0 Å². The summed E-state index contributed by atoms with van der Waals surface area (Å²) in [6.45, 7) is 2.18. The van der Waals surface area contributed by atoms with Crippen LogP contribution >= 0.6 is 27.7 Å². The topological polar surface area (TPSA) is 84.1 Å². The fraction of sp³-hybridized carbons (Fsp3) is 0.556. The summed E-state index contributed by atoms with van der Waals surface area (Å²) in [6, 6.07) is 0. The van der Waals surface area contributed by atoms with Gasteiger partial charge in [0.25, 0.3) is 0 Å². The lowest BCUT2D eigenvalue weighted by molar-refractivity contribution is 0.0996. The van der Waals surface area contributed by atoms with E-state index in [0.717, 1.165) is 0 Å². The molecule has 0 fully saturated rings. The molecule has 0 amide bonds. The molecule has 1 aromatic heterocycles. The minimum absolute atomic E-state index is 0.377. The summed E-state index contributed by atoms with van der Waals surface area (Å²) in [5.74, 6) is 1.62. The van der Waals surface area contributed by atoms with E-state index in [0.29, 0.717) is 28.4 Å². The standard InChI is InChI=1S/C9H15BrN4OS/c1-9(15,4-16-2)3-12-8-6(10)7(11)13-5-14-8/h5,15H,3-4H2,1-2H3,(H3,11,12,13,14). The lowest BCUT2D eigenvalue weighted by atomic mass is 10.1. The Labute approximate surface area is 107 Å². The van der Waals surface area contributed by atoms with Gasteiger partial charge in [-0.05, 0) is 29.1 Å². The maximum absolute atomic E-state index is 9.96. The third-order valence-corrected chi connectivity index (χ3v) is 3.60. The number of aliphatic hydroxyl groups is 1. The lowest BCUT2D eigenvalue weighted by Gasteiger charge is -2.23. The quantitative estimate of drug-likeness (QED) is 0.761. The number of nitrogens with one attached hydrogen (secondary N) is 1. The molecule has 0 saturated carbocycles. The fourth-order valence-electron chi connectivity index (χ4n) is 1.14. The highest BCUT2D eigenvalue weighted by Crippen LogP contribution is 2.24. The van der Waals surface area contributed by atoms with E-state index < -0.39 is 5.60 Å². The summed E-state index contributed by atoms with van der Waals surface area (Å²) in [7, 11) is 0. The Bertz CT molecular complexity index is 361. The molecule has 0 aromatic carbocycles. The molecular formula is C9H15BrN4OS. The molecule has 1 atom stereocenters. The van der Waals surface area contributed by atoms with Gasteiger partial charge >= 0.3 is 0 Å². The van der Waals surface area contributed by atoms with E-state index in [1.165, 1.54) is 6.33 Å². The van der Waals surface area contributed by atoms with Crippen LogP contribution in [0.1, 0.15) is 6.92 Å². The van der Waals surface area contributed by atoms with Crippen molar-refractivity contribution < 1.29 is 5.11 Å². The number of nitrogens with zero attached hydrogens (tertiary/aromatic N) is 2. The Balaban J connectivity index is 2.64. The van der Waals surface area contributed by atoms with Gasteiger partial charge in [-0.25, -0.2) is 9.97 Å². The van der Waals surface area contributed by atoms with Crippen LogP contribution in [0.15, 0.2) is 10.8 Å². The average Bonchev–Trinajstić information content (AvgIpc) is 2.20. The molecule has 1 rings (SSSR count). The van der Waals surface area contributed by atoms with Crippen molar-refractivity contribution in [2.45, 2.75) is 12.5 Å². The van der Waals surface area contributed by atoms with Gasteiger partial charge in [0.15, 0.2) is 0 Å². The predicted octanol–water partition coefficient (Wildman–Crippen LogP) is 1.35. The first-order valence-electron chi connectivity index (χ1n) is 4.67. The van der Waals surface area contributed by atoms with Crippen LogP contribution in [0.3, 0.4) is 0 Å². The van der Waals surface area contributed by atoms with Gasteiger partial charge in [-0.2, -0.15) is 11.8 Å². The number of nitrogen functional groups attached to an aromatic ring is 1. The molecule has 0 aliphatic heterocycles. The summed E-state index contributed by atoms with van der Waals surface area (Å²) >= 11 is 4.88. The molecule has 16 heavy (non-hydrogen) atoms. The SMILES string of the molecule is CSCC(C)(O)CNc1ncnc(N)c1Br. The van der Waals surface area contributed by atoms with Gasteiger partial charge in [0, 0.05) is 12.3 Å². The van der Waals surface area contributed by atoms with Crippen molar-refractivity contribution in [2.24, 2.45) is 0 Å². The zero-order valence-corrected chi connectivity index (χ0v) is 11.6. The first-order valence-corrected chi connectivity index (χ1v) is 6.86. The molecule has 7 heteroatoms. The normalized spacial score (nSPS) is 14.5. The van der Waals surface area contributed by atoms with Crippen molar-refractivity contribution in [1.29, 1.82) is 0 Å². The minimum atomic E-state index is -0.779. The number of thioether (sulfide) groups is 1. The number of aromatic nitrogens is 2. The van der Waals surface area contributed by atoms with Crippen LogP contribution < -0.4 is 11.1 Å². The molecule has 0 saturated heterocycles. The van der Waals surface area contributed by atoms with Gasteiger partial charge in [0.1, 0.15) is 22.4 Å². The predicted molar refractivity (Wildman–Crippen MR) is 71.6 cm³/mol. The molecular weight excluding hydrogens is 292 g/mol. The number of rotatable bonds is 5. The van der Waals surface area contributed by atoms with Crippen LogP contribution in [0, 0.1) is 0 Å². The zero-order valence-electron chi connectivity index (χ0n) is 9.20. The Morgan fingerprint density at radius 2 is 2.31 bits per heavy atom. The Morgan fingerprint density at radius 1 is 1.62 bits per heavy atom. The zero-order chi connectivity index (χ0) is 12.2. The van der Waals surface area contributed by atoms with Gasteiger partial charge in [-0.1, -0.05) is 0 Å². The summed E-state index contributed by atoms with van der Waals surface area (Å²) in [6.07, 6.45) is 3.33. The van der Waals surface area contributed by atoms with E-state index >= 15 is 0 Å². The minimum Gasteiger partial charge on any atom is -0.387 e. The number of hydrogen-bond donors (Lipinski definition) is 3. The molecule has 0 aliphatic rings. The number of nitrogens with two attached hydrogens (primary N) is 1. The summed E-state index contributed by atoms with van der Waals surface area (Å²) in [5.41, 5.74) is 4.83. The van der Waals surface area contributed by atoms with Crippen LogP contribution in [-0.2, 0) is 0 Å². The van der Waals surface area contributed by atoms with E-state index in [-0.39, 0.29) is 0 Å². The van der Waals surface area contributed by atoms with E-state index in [1.54, 1.807) is 18.7 Å². The summed E-state index contributed by atoms with van der Waals surface area (Å²) in [4.78, 5) is 7.87. The highest BCUT2D eigenvalue weighted by molar-refractivity contribution is 9.10. The molecule has 1 heterocycles. The molecule has 90 valence electrons. The van der Waals surface area contributed by atoms with E-state index in [1.807, 2.05) is 6.26 Å². The second-order valence-electron chi connectivity index (χ2n) is 3.71. The highest BCUT2D eigenvalue weighted by Gasteiger charge is 2.20. The van der Waals surface area contributed by atoms with Gasteiger partial charge in [0.05, 0.1) is 5.60 Å². The van der Waals surface area contributed by atoms with Crippen molar-refractivity contribution >= 4 is 39.3 Å². The van der Waals surface area contributed by atoms with Crippen LogP contribution in [0.5, 0.6) is 0 Å². The monoisotopic (exact) mass is 306 g/mol. The Hall–Kier alpha value is -0.530. The first kappa shape index (κ1) is 13.5. The van der Waals surface area contributed by atoms with E-state index in [2.05, 4.69) is 31.2 Å². The van der Waals surface area contributed by atoms with Crippen molar-refractivity contribution in [3.63, 3.8) is 0 Å². The smallest absolute Gasteiger partial charge is 0.146 e. The van der Waals surface area contributed by atoms with Crippen molar-refractivity contribution in [3.8, 4) is 0 Å². The molecule has 5 nitrogen and oxygen atoms in total. The van der Waals surface area contributed by atoms with E-state index in [4.69, 9.17) is 5.73 Å². The number of anilines is 2. The molecule has 0 spiro atoms. The maximum atomic E-state index is 9.96. The van der Waals surface area contributed by atoms with Crippen LogP contribution in [0.2, 0.25) is 0 Å². The second-order valence-corrected chi connectivity index (χ2v) is 5.36. The third-order valence-electron chi connectivity index (χ3n) is 1.91. The first-order chi connectivity index (χ1) is 7.46. The molecule has 0 aliphatic carbocycles. The molecule has 1 aromatic rings. The van der Waals surface area contributed by atoms with Gasteiger partial charge < -0.3 is 16.2 Å². The maximum Gasteiger partial charge on any atom is 0.146 e. The Kier molecular flexibility index (Phi) is 4.82. The van der Waals surface area contributed by atoms with Crippen molar-refractivity contribution in [2.75, 3.05) is 29.6 Å². The molecule has 1 unspecified atom stereocenters. The van der Waals surface area contributed by atoms with Gasteiger partial charge in [0.2, 0.25) is 0 Å². The molecule has 0 radical (unpaired) electrons. The van der Waals surface area contributed by atoms with E-state index in [9.17, 15) is 5.11 Å². The van der Waals surface area contributed by atoms with Crippen LogP contribution in [0.25, 0.3) is 0 Å². The Morgan fingerprint density at radius 3 is 2.94 bits per heavy atom. The van der Waals surface area contributed by atoms with Crippen molar-refractivity contribution in [1.82, 2.24) is 9.97 Å². The van der Waals surface area contributed by atoms with Crippen LogP contribution in [-0.4, -0.2) is 39.2 Å². The summed E-state index contributed by atoms with van der Waals surface area (Å²) in [5, 5.41) is 13.0. The highest BCUT2D eigenvalue weighted by atomic mass is 79.9. The lowest BCUT2D eigenvalue weighted by Crippen LogP contribution is -2.36. The number of halogens is 1. The van der Waals surface area contributed by atoms with Gasteiger partial charge in [-0.15, -0.1) is 0 Å². The second kappa shape index (κ2) is 5.70. The fourth-order valence-corrected chi connectivity index (χ4v) is 2.21. The largest absolute Gasteiger partial charge is 0.387 e. The molecule has 0 bridgehead atoms. The molecule has 4 N–H and O–H groups in total. The van der Waals surface area contributed by atoms with Crippen LogP contribution in [0.4, 0.5) is 11.6 Å².